The second kappa shape index (κ2) is 6.08. The third kappa shape index (κ3) is 2.48. The molecular formula is C21H26FN3O. The molecule has 0 saturated carbocycles. The van der Waals surface area contributed by atoms with Gasteiger partial charge < -0.3 is 14.8 Å². The Balaban J connectivity index is 1.45. The van der Waals surface area contributed by atoms with E-state index in [2.05, 4.69) is 21.8 Å². The molecule has 0 spiro atoms. The van der Waals surface area contributed by atoms with E-state index in [1.54, 1.807) is 0 Å². The summed E-state index contributed by atoms with van der Waals surface area (Å²) in [7, 11) is 2.23. The average Bonchev–Trinajstić information content (AvgIpc) is 3.15. The van der Waals surface area contributed by atoms with Crippen LogP contribution < -0.4 is 5.32 Å². The molecule has 138 valence electrons. The lowest BCUT2D eigenvalue weighted by Crippen LogP contribution is -2.55. The van der Waals surface area contributed by atoms with Crippen molar-refractivity contribution in [2.45, 2.75) is 69.6 Å². The SMILES string of the molecule is CN1[C@@H]2CCC[C@H]1CC(NC(=O)c1c3n(c4ccc(F)cc14)CCC3)C2. The maximum atomic E-state index is 13.9. The first-order chi connectivity index (χ1) is 12.6. The number of halogens is 1. The summed E-state index contributed by atoms with van der Waals surface area (Å²) in [5.41, 5.74) is 2.78. The van der Waals surface area contributed by atoms with Gasteiger partial charge in [-0.15, -0.1) is 0 Å². The van der Waals surface area contributed by atoms with Gasteiger partial charge in [-0.1, -0.05) is 6.42 Å². The average molecular weight is 355 g/mol. The number of aryl methyl sites for hydroxylation is 1. The first kappa shape index (κ1) is 16.3. The number of amides is 1. The fourth-order valence-electron chi connectivity index (χ4n) is 5.54. The predicted molar refractivity (Wildman–Crippen MR) is 99.9 cm³/mol. The first-order valence-electron chi connectivity index (χ1n) is 9.95. The quantitative estimate of drug-likeness (QED) is 0.896. The van der Waals surface area contributed by atoms with E-state index >= 15 is 0 Å². The molecule has 2 bridgehead atoms. The molecule has 4 heterocycles. The Morgan fingerprint density at radius 1 is 1.19 bits per heavy atom. The number of rotatable bonds is 2. The summed E-state index contributed by atoms with van der Waals surface area (Å²) in [6.07, 6.45) is 7.78. The zero-order valence-corrected chi connectivity index (χ0v) is 15.3. The molecule has 1 unspecified atom stereocenters. The van der Waals surface area contributed by atoms with E-state index in [0.717, 1.165) is 48.8 Å². The summed E-state index contributed by atoms with van der Waals surface area (Å²) in [6.45, 7) is 0.920. The highest BCUT2D eigenvalue weighted by Gasteiger charge is 2.37. The van der Waals surface area contributed by atoms with Crippen LogP contribution in [-0.4, -0.2) is 40.5 Å². The third-order valence-electron chi connectivity index (χ3n) is 6.83. The maximum absolute atomic E-state index is 13.9. The molecule has 3 aliphatic rings. The van der Waals surface area contributed by atoms with Crippen molar-refractivity contribution in [1.82, 2.24) is 14.8 Å². The molecule has 1 aromatic heterocycles. The number of hydrogen-bond acceptors (Lipinski definition) is 2. The molecular weight excluding hydrogens is 329 g/mol. The van der Waals surface area contributed by atoms with E-state index in [0.29, 0.717) is 17.6 Å². The highest BCUT2D eigenvalue weighted by Crippen LogP contribution is 2.34. The largest absolute Gasteiger partial charge is 0.349 e. The van der Waals surface area contributed by atoms with Gasteiger partial charge in [0, 0.05) is 41.3 Å². The molecule has 5 rings (SSSR count). The standard InChI is InChI=1S/C21H26FN3O/c1-24-15-4-2-5-16(24)12-14(11-15)23-21(26)20-17-10-13(22)7-8-18(17)25-9-3-6-19(20)25/h7-8,10,14-16H,2-6,9,11-12H2,1H3,(H,23,26)/t14?,15-,16+. The number of aromatic nitrogens is 1. The van der Waals surface area contributed by atoms with Crippen LogP contribution in [0.2, 0.25) is 0 Å². The number of nitrogens with one attached hydrogen (secondary N) is 1. The van der Waals surface area contributed by atoms with Crippen LogP contribution in [0, 0.1) is 5.82 Å². The monoisotopic (exact) mass is 355 g/mol. The Morgan fingerprint density at radius 2 is 1.96 bits per heavy atom. The summed E-state index contributed by atoms with van der Waals surface area (Å²) >= 11 is 0. The van der Waals surface area contributed by atoms with Gasteiger partial charge in [-0.25, -0.2) is 4.39 Å². The smallest absolute Gasteiger partial charge is 0.253 e. The van der Waals surface area contributed by atoms with Crippen LogP contribution in [0.3, 0.4) is 0 Å². The highest BCUT2D eigenvalue weighted by molar-refractivity contribution is 6.08. The van der Waals surface area contributed by atoms with Crippen molar-refractivity contribution in [3.8, 4) is 0 Å². The Kier molecular flexibility index (Phi) is 3.82. The van der Waals surface area contributed by atoms with Gasteiger partial charge in [0.15, 0.2) is 0 Å². The van der Waals surface area contributed by atoms with E-state index in [1.807, 2.05) is 6.07 Å². The van der Waals surface area contributed by atoms with E-state index in [-0.39, 0.29) is 17.8 Å². The molecule has 3 atom stereocenters. The molecule has 1 aromatic carbocycles. The number of benzene rings is 1. The number of hydrogen-bond donors (Lipinski definition) is 1. The minimum absolute atomic E-state index is 0.0103. The van der Waals surface area contributed by atoms with E-state index in [9.17, 15) is 9.18 Å². The molecule has 26 heavy (non-hydrogen) atoms. The summed E-state index contributed by atoms with van der Waals surface area (Å²) < 4.78 is 16.1. The number of carbonyl (C=O) groups excluding carboxylic acids is 1. The van der Waals surface area contributed by atoms with E-state index in [1.165, 1.54) is 31.4 Å². The number of piperidine rings is 2. The van der Waals surface area contributed by atoms with E-state index in [4.69, 9.17) is 0 Å². The summed E-state index contributed by atoms with van der Waals surface area (Å²) in [5.74, 6) is -0.284. The van der Waals surface area contributed by atoms with Crippen molar-refractivity contribution in [2.75, 3.05) is 7.05 Å². The van der Waals surface area contributed by atoms with Gasteiger partial charge in [0.1, 0.15) is 5.82 Å². The van der Waals surface area contributed by atoms with Crippen LogP contribution in [0.4, 0.5) is 4.39 Å². The predicted octanol–water partition coefficient (Wildman–Crippen LogP) is 3.47. The molecule has 4 nitrogen and oxygen atoms in total. The Labute approximate surface area is 153 Å². The molecule has 1 amide bonds. The van der Waals surface area contributed by atoms with E-state index < -0.39 is 0 Å². The van der Waals surface area contributed by atoms with Gasteiger partial charge in [0.2, 0.25) is 0 Å². The Bertz CT molecular complexity index is 860. The van der Waals surface area contributed by atoms with Crippen molar-refractivity contribution in [3.05, 3.63) is 35.3 Å². The van der Waals surface area contributed by atoms with Gasteiger partial charge >= 0.3 is 0 Å². The normalized spacial score (nSPS) is 28.3. The molecule has 0 aliphatic carbocycles. The third-order valence-corrected chi connectivity index (χ3v) is 6.83. The van der Waals surface area contributed by atoms with Gasteiger partial charge in [0.05, 0.1) is 5.56 Å². The van der Waals surface area contributed by atoms with Crippen molar-refractivity contribution >= 4 is 16.8 Å². The van der Waals surface area contributed by atoms with Crippen LogP contribution in [0.15, 0.2) is 18.2 Å². The second-order valence-corrected chi connectivity index (χ2v) is 8.28. The topological polar surface area (TPSA) is 37.3 Å². The first-order valence-corrected chi connectivity index (χ1v) is 9.95. The van der Waals surface area contributed by atoms with Crippen molar-refractivity contribution in [3.63, 3.8) is 0 Å². The number of fused-ring (bicyclic) bond motifs is 5. The molecule has 0 radical (unpaired) electrons. The van der Waals surface area contributed by atoms with Crippen molar-refractivity contribution in [2.24, 2.45) is 0 Å². The Morgan fingerprint density at radius 3 is 2.73 bits per heavy atom. The molecule has 3 aliphatic heterocycles. The van der Waals surface area contributed by atoms with Crippen LogP contribution in [0.5, 0.6) is 0 Å². The van der Waals surface area contributed by atoms with Gasteiger partial charge in [0.25, 0.3) is 5.91 Å². The number of carbonyl (C=O) groups is 1. The molecule has 5 heteroatoms. The lowest BCUT2D eigenvalue weighted by molar-refractivity contribution is 0.0463. The fourth-order valence-corrected chi connectivity index (χ4v) is 5.54. The van der Waals surface area contributed by atoms with Gasteiger partial charge in [-0.05, 0) is 63.8 Å². The van der Waals surface area contributed by atoms with Crippen LogP contribution in [0.25, 0.3) is 10.9 Å². The summed E-state index contributed by atoms with van der Waals surface area (Å²) in [6, 6.07) is 6.24. The minimum Gasteiger partial charge on any atom is -0.349 e. The highest BCUT2D eigenvalue weighted by atomic mass is 19.1. The lowest BCUT2D eigenvalue weighted by atomic mass is 9.82. The summed E-state index contributed by atoms with van der Waals surface area (Å²) in [5, 5.41) is 4.08. The van der Waals surface area contributed by atoms with Crippen LogP contribution in [0.1, 0.15) is 54.6 Å². The number of nitrogens with zero attached hydrogens (tertiary/aromatic N) is 2. The van der Waals surface area contributed by atoms with Gasteiger partial charge in [-0.2, -0.15) is 0 Å². The van der Waals surface area contributed by atoms with Crippen molar-refractivity contribution in [1.29, 1.82) is 0 Å². The Hall–Kier alpha value is -1.88. The lowest BCUT2D eigenvalue weighted by Gasteiger charge is -2.47. The van der Waals surface area contributed by atoms with Gasteiger partial charge in [-0.3, -0.25) is 4.79 Å². The maximum Gasteiger partial charge on any atom is 0.253 e. The molecule has 1 N–H and O–H groups in total. The van der Waals surface area contributed by atoms with Crippen molar-refractivity contribution < 1.29 is 9.18 Å². The zero-order valence-electron chi connectivity index (χ0n) is 15.3. The molecule has 2 aromatic rings. The van der Waals surface area contributed by atoms with Crippen LogP contribution >= 0.6 is 0 Å². The minimum atomic E-state index is -0.273. The second-order valence-electron chi connectivity index (χ2n) is 8.28. The fraction of sp³-hybridized carbons (Fsp3) is 0.571. The molecule has 2 fully saturated rings. The summed E-state index contributed by atoms with van der Waals surface area (Å²) in [4.78, 5) is 15.7. The van der Waals surface area contributed by atoms with Crippen LogP contribution in [-0.2, 0) is 13.0 Å². The zero-order chi connectivity index (χ0) is 17.8. The molecule has 2 saturated heterocycles.